The largest absolute Gasteiger partial charge is 0.480 e. The number of nitrogens with one attached hydrogen (secondary N) is 2. The van der Waals surface area contributed by atoms with Gasteiger partial charge in [-0.25, -0.2) is 9.59 Å². The molecule has 33 heavy (non-hydrogen) atoms. The summed E-state index contributed by atoms with van der Waals surface area (Å²) in [5.41, 5.74) is 10.7. The fourth-order valence-electron chi connectivity index (χ4n) is 3.62. The molecule has 0 spiro atoms. The third-order valence-corrected chi connectivity index (χ3v) is 5.64. The average Bonchev–Trinajstić information content (AvgIpc) is 3.04. The number of nitrogens with zero attached hydrogens (tertiary/aromatic N) is 2. The van der Waals surface area contributed by atoms with E-state index in [1.807, 2.05) is 0 Å². The molecule has 1 fully saturated rings. The van der Waals surface area contributed by atoms with Crippen LogP contribution in [0.2, 0.25) is 0 Å². The van der Waals surface area contributed by atoms with Crippen LogP contribution >= 0.6 is 12.2 Å². The number of amides is 5. The molecular weight excluding hydrogens is 452 g/mol. The second kappa shape index (κ2) is 13.7. The lowest BCUT2D eigenvalue weighted by molar-refractivity contribution is -0.146. The quantitative estimate of drug-likeness (QED) is 0.155. The second-order valence-electron chi connectivity index (χ2n) is 8.09. The summed E-state index contributed by atoms with van der Waals surface area (Å²) in [7, 11) is 0. The highest BCUT2D eigenvalue weighted by Crippen LogP contribution is 2.17. The summed E-state index contributed by atoms with van der Waals surface area (Å²) in [4.78, 5) is 63.5. The van der Waals surface area contributed by atoms with Crippen molar-refractivity contribution in [2.24, 2.45) is 17.4 Å². The highest BCUT2D eigenvalue weighted by molar-refractivity contribution is 7.80. The fraction of sp³-hybridized carbons (Fsp3) is 0.700. The Hall–Kier alpha value is -2.80. The van der Waals surface area contributed by atoms with Crippen LogP contribution in [0.3, 0.4) is 0 Å². The molecule has 0 aromatic heterocycles. The van der Waals surface area contributed by atoms with E-state index >= 15 is 0 Å². The maximum absolute atomic E-state index is 13.0. The van der Waals surface area contributed by atoms with Crippen molar-refractivity contribution in [3.05, 3.63) is 0 Å². The monoisotopic (exact) mass is 486 g/mol. The number of carboxylic acid groups (broad SMARTS) is 1. The molecule has 13 heteroatoms. The summed E-state index contributed by atoms with van der Waals surface area (Å²) in [6.45, 7) is 3.96. The van der Waals surface area contributed by atoms with E-state index in [-0.39, 0.29) is 63.2 Å². The fourth-order valence-corrected chi connectivity index (χ4v) is 3.91. The van der Waals surface area contributed by atoms with Gasteiger partial charge in [0.1, 0.15) is 12.1 Å². The summed E-state index contributed by atoms with van der Waals surface area (Å²) < 4.78 is 0. The molecule has 186 valence electrons. The first-order valence-corrected chi connectivity index (χ1v) is 11.3. The van der Waals surface area contributed by atoms with E-state index in [0.29, 0.717) is 17.8 Å². The molecule has 0 aromatic carbocycles. The highest BCUT2D eigenvalue weighted by Gasteiger charge is 2.35. The Bertz CT molecular complexity index is 745. The summed E-state index contributed by atoms with van der Waals surface area (Å²) in [6, 6.07) is -2.88. The third kappa shape index (κ3) is 8.92. The zero-order valence-corrected chi connectivity index (χ0v) is 19.9. The van der Waals surface area contributed by atoms with Gasteiger partial charge in [0.25, 0.3) is 0 Å². The van der Waals surface area contributed by atoms with E-state index in [1.54, 1.807) is 13.8 Å². The molecule has 1 rings (SSSR count). The normalized spacial score (nSPS) is 15.3. The number of nitrogens with two attached hydrogens (primary N) is 2. The first-order valence-electron chi connectivity index (χ1n) is 10.9. The van der Waals surface area contributed by atoms with Gasteiger partial charge in [-0.3, -0.25) is 14.4 Å². The van der Waals surface area contributed by atoms with Crippen molar-refractivity contribution in [3.63, 3.8) is 0 Å². The SMILES string of the molecule is CC(C)[C@@H](C(=O)N[C@@H](CCCNC(N)=O)C(=O)O)N(CCN)C(=O)CCN1C(=O)CCC1=S. The molecule has 1 heterocycles. The Morgan fingerprint density at radius 2 is 1.91 bits per heavy atom. The number of carbonyl (C=O) groups is 5. The lowest BCUT2D eigenvalue weighted by Gasteiger charge is -2.34. The summed E-state index contributed by atoms with van der Waals surface area (Å²) in [6.07, 6.45) is 1.11. The van der Waals surface area contributed by atoms with E-state index < -0.39 is 30.0 Å². The number of aliphatic carboxylic acids is 1. The van der Waals surface area contributed by atoms with Gasteiger partial charge in [-0.1, -0.05) is 26.1 Å². The third-order valence-electron chi connectivity index (χ3n) is 5.21. The number of carbonyl (C=O) groups excluding carboxylic acids is 4. The standard InChI is InChI=1S/C20H34N6O6S/c1-12(2)17(18(29)24-13(19(30)31)4-3-9-23-20(22)32)26(11-8-21)15(28)7-10-25-14(27)5-6-16(25)33/h12-13,17H,3-11,21H2,1-2H3,(H,24,29)(H,30,31)(H3,22,23,32)/t13-,17-/m0/s1. The average molecular weight is 487 g/mol. The van der Waals surface area contributed by atoms with Crippen LogP contribution in [0.15, 0.2) is 0 Å². The number of carboxylic acids is 1. The zero-order valence-electron chi connectivity index (χ0n) is 19.0. The lowest BCUT2D eigenvalue weighted by atomic mass is 9.99. The molecule has 12 nitrogen and oxygen atoms in total. The Labute approximate surface area is 198 Å². The topological polar surface area (TPSA) is 188 Å². The summed E-state index contributed by atoms with van der Waals surface area (Å²) in [5, 5.41) is 14.3. The highest BCUT2D eigenvalue weighted by atomic mass is 32.1. The number of rotatable bonds is 14. The van der Waals surface area contributed by atoms with Crippen molar-refractivity contribution >= 4 is 46.9 Å². The molecule has 0 aromatic rings. The number of primary amides is 1. The van der Waals surface area contributed by atoms with Crippen LogP contribution in [0.4, 0.5) is 4.79 Å². The van der Waals surface area contributed by atoms with Crippen LogP contribution in [0.25, 0.3) is 0 Å². The van der Waals surface area contributed by atoms with Gasteiger partial charge >= 0.3 is 12.0 Å². The van der Waals surface area contributed by atoms with Gasteiger partial charge in [0.2, 0.25) is 17.7 Å². The zero-order chi connectivity index (χ0) is 25.1. The van der Waals surface area contributed by atoms with Crippen molar-refractivity contribution < 1.29 is 29.1 Å². The second-order valence-corrected chi connectivity index (χ2v) is 8.56. The Morgan fingerprint density at radius 1 is 1.24 bits per heavy atom. The van der Waals surface area contributed by atoms with E-state index in [9.17, 15) is 29.1 Å². The molecule has 0 bridgehead atoms. The van der Waals surface area contributed by atoms with E-state index in [2.05, 4.69) is 10.6 Å². The van der Waals surface area contributed by atoms with Crippen molar-refractivity contribution in [3.8, 4) is 0 Å². The van der Waals surface area contributed by atoms with E-state index in [0.717, 1.165) is 0 Å². The molecule has 0 aliphatic carbocycles. The molecule has 1 saturated heterocycles. The first-order chi connectivity index (χ1) is 15.5. The molecule has 0 radical (unpaired) electrons. The number of thiocarbonyl (C=S) groups is 1. The minimum Gasteiger partial charge on any atom is -0.480 e. The molecular formula is C20H34N6O6S. The van der Waals surface area contributed by atoms with Crippen LogP contribution in [-0.4, -0.2) is 87.9 Å². The van der Waals surface area contributed by atoms with Crippen LogP contribution in [0.1, 0.15) is 46.0 Å². The summed E-state index contributed by atoms with van der Waals surface area (Å²) in [5.74, 6) is -2.70. The van der Waals surface area contributed by atoms with Crippen LogP contribution < -0.4 is 22.1 Å². The van der Waals surface area contributed by atoms with Gasteiger partial charge in [0.05, 0.1) is 4.99 Å². The van der Waals surface area contributed by atoms with Crippen molar-refractivity contribution in [2.45, 2.75) is 58.0 Å². The van der Waals surface area contributed by atoms with Crippen LogP contribution in [-0.2, 0) is 19.2 Å². The minimum absolute atomic E-state index is 0.0382. The predicted molar refractivity (Wildman–Crippen MR) is 124 cm³/mol. The van der Waals surface area contributed by atoms with Gasteiger partial charge < -0.3 is 37.0 Å². The van der Waals surface area contributed by atoms with Crippen molar-refractivity contribution in [2.75, 3.05) is 26.2 Å². The molecule has 5 amide bonds. The molecule has 0 unspecified atom stereocenters. The van der Waals surface area contributed by atoms with Gasteiger partial charge in [0.15, 0.2) is 0 Å². The Balaban J connectivity index is 2.87. The van der Waals surface area contributed by atoms with Crippen LogP contribution in [0, 0.1) is 5.92 Å². The lowest BCUT2D eigenvalue weighted by Crippen LogP contribution is -2.56. The smallest absolute Gasteiger partial charge is 0.326 e. The van der Waals surface area contributed by atoms with E-state index in [1.165, 1.54) is 9.80 Å². The van der Waals surface area contributed by atoms with Gasteiger partial charge in [-0.15, -0.1) is 0 Å². The number of urea groups is 1. The molecule has 1 aliphatic heterocycles. The Morgan fingerprint density at radius 3 is 2.39 bits per heavy atom. The van der Waals surface area contributed by atoms with Crippen molar-refractivity contribution in [1.29, 1.82) is 0 Å². The molecule has 7 N–H and O–H groups in total. The molecule has 2 atom stereocenters. The number of hydrogen-bond acceptors (Lipinski definition) is 7. The molecule has 0 saturated carbocycles. The molecule has 1 aliphatic rings. The number of likely N-dealkylation sites (tertiary alicyclic amines) is 1. The Kier molecular flexibility index (Phi) is 11.7. The minimum atomic E-state index is -1.23. The van der Waals surface area contributed by atoms with Crippen molar-refractivity contribution in [1.82, 2.24) is 20.4 Å². The maximum Gasteiger partial charge on any atom is 0.326 e. The predicted octanol–water partition coefficient (Wildman–Crippen LogP) is -0.844. The number of hydrogen-bond donors (Lipinski definition) is 5. The van der Waals surface area contributed by atoms with Gasteiger partial charge in [-0.2, -0.15) is 0 Å². The van der Waals surface area contributed by atoms with Gasteiger partial charge in [0, 0.05) is 45.4 Å². The van der Waals surface area contributed by atoms with Gasteiger partial charge in [-0.05, 0) is 18.8 Å². The maximum atomic E-state index is 13.0. The van der Waals surface area contributed by atoms with E-state index in [4.69, 9.17) is 23.7 Å². The first kappa shape index (κ1) is 28.2. The van der Waals surface area contributed by atoms with Crippen LogP contribution in [0.5, 0.6) is 0 Å². The summed E-state index contributed by atoms with van der Waals surface area (Å²) >= 11 is 5.16.